The third-order valence-corrected chi connectivity index (χ3v) is 8.90. The number of likely N-dealkylation sites (tertiary alicyclic amines) is 1. The highest BCUT2D eigenvalue weighted by Crippen LogP contribution is 2.35. The van der Waals surface area contributed by atoms with Gasteiger partial charge in [0.15, 0.2) is 0 Å². The second-order valence-corrected chi connectivity index (χ2v) is 13.6. The van der Waals surface area contributed by atoms with Crippen LogP contribution in [0.25, 0.3) is 11.1 Å². The van der Waals surface area contributed by atoms with Crippen molar-refractivity contribution in [2.45, 2.75) is 57.9 Å². The lowest BCUT2D eigenvalue weighted by Crippen LogP contribution is -2.40. The molecule has 45 heavy (non-hydrogen) atoms. The van der Waals surface area contributed by atoms with Crippen LogP contribution in [-0.4, -0.2) is 47.4 Å². The van der Waals surface area contributed by atoms with Gasteiger partial charge in [0.05, 0.1) is 13.2 Å². The van der Waals surface area contributed by atoms with Gasteiger partial charge in [0.25, 0.3) is 0 Å². The number of amides is 1. The Morgan fingerprint density at radius 3 is 2.24 bits per heavy atom. The molecule has 1 fully saturated rings. The Morgan fingerprint density at radius 2 is 1.56 bits per heavy atom. The molecule has 1 atom stereocenters. The maximum absolute atomic E-state index is 13.8. The van der Waals surface area contributed by atoms with Crippen LogP contribution in [0.3, 0.4) is 0 Å². The van der Waals surface area contributed by atoms with E-state index < -0.39 is 23.3 Å². The van der Waals surface area contributed by atoms with Crippen LogP contribution in [-0.2, 0) is 33.0 Å². The molecule has 1 aromatic heterocycles. The number of carbonyl (C=O) groups is 2. The van der Waals surface area contributed by atoms with E-state index in [0.29, 0.717) is 17.7 Å². The number of ether oxygens (including phenoxy) is 2. The third-order valence-electron chi connectivity index (χ3n) is 7.97. The third kappa shape index (κ3) is 8.60. The summed E-state index contributed by atoms with van der Waals surface area (Å²) in [6.45, 7) is 8.89. The van der Waals surface area contributed by atoms with Crippen LogP contribution in [0.2, 0.25) is 0 Å². The number of benzene rings is 3. The van der Waals surface area contributed by atoms with Gasteiger partial charge >= 0.3 is 12.1 Å². The van der Waals surface area contributed by atoms with Crippen molar-refractivity contribution in [3.05, 3.63) is 118 Å². The molecule has 8 heteroatoms. The Bertz CT molecular complexity index is 1560. The largest absolute Gasteiger partial charge is 0.463 e. The van der Waals surface area contributed by atoms with E-state index in [-0.39, 0.29) is 12.5 Å². The summed E-state index contributed by atoms with van der Waals surface area (Å²) >= 11 is 1.52. The highest BCUT2D eigenvalue weighted by molar-refractivity contribution is 7.10. The van der Waals surface area contributed by atoms with Crippen molar-refractivity contribution in [2.75, 3.05) is 19.7 Å². The summed E-state index contributed by atoms with van der Waals surface area (Å²) in [5.74, 6) is -0.434. The number of hydrogen-bond donors (Lipinski definition) is 2. The average Bonchev–Trinajstić information content (AvgIpc) is 3.52. The van der Waals surface area contributed by atoms with Crippen molar-refractivity contribution in [3.8, 4) is 11.1 Å². The molecule has 1 amide bonds. The van der Waals surface area contributed by atoms with E-state index in [0.717, 1.165) is 48.5 Å². The smallest absolute Gasteiger partial charge is 0.407 e. The molecule has 0 radical (unpaired) electrons. The fourth-order valence-electron chi connectivity index (χ4n) is 5.55. The normalized spacial score (nSPS) is 15.6. The SMILES string of the molecule is CC(C)(C)OC(=O)NCc1cc(-c2cccc([C@](O)(C(=O)OCC3CCN(Cc4ccccc4)CC3)c3ccccc3)c2)cs1. The molecule has 2 N–H and O–H groups in total. The van der Waals surface area contributed by atoms with Gasteiger partial charge in [0, 0.05) is 17.0 Å². The molecule has 5 rings (SSSR count). The van der Waals surface area contributed by atoms with Gasteiger partial charge < -0.3 is 19.9 Å². The van der Waals surface area contributed by atoms with Gasteiger partial charge in [-0.25, -0.2) is 9.59 Å². The van der Waals surface area contributed by atoms with Crippen LogP contribution >= 0.6 is 11.3 Å². The molecule has 1 saturated heterocycles. The number of nitrogens with one attached hydrogen (secondary N) is 1. The second kappa shape index (κ2) is 14.4. The Hall–Kier alpha value is -3.98. The zero-order chi connectivity index (χ0) is 31.9. The number of thiophene rings is 1. The van der Waals surface area contributed by atoms with E-state index in [4.69, 9.17) is 9.47 Å². The Morgan fingerprint density at radius 1 is 0.889 bits per heavy atom. The van der Waals surface area contributed by atoms with Gasteiger partial charge in [-0.3, -0.25) is 4.90 Å². The number of hydrogen-bond acceptors (Lipinski definition) is 7. The minimum Gasteiger partial charge on any atom is -0.463 e. The first-order valence-corrected chi connectivity index (χ1v) is 16.3. The van der Waals surface area contributed by atoms with Crippen molar-refractivity contribution >= 4 is 23.4 Å². The topological polar surface area (TPSA) is 88.1 Å². The molecule has 0 spiro atoms. The first-order chi connectivity index (χ1) is 21.6. The minimum absolute atomic E-state index is 0.242. The van der Waals surface area contributed by atoms with Gasteiger partial charge in [-0.2, -0.15) is 0 Å². The van der Waals surface area contributed by atoms with E-state index in [1.165, 1.54) is 16.9 Å². The van der Waals surface area contributed by atoms with Gasteiger partial charge in [0.1, 0.15) is 5.60 Å². The van der Waals surface area contributed by atoms with Crippen LogP contribution in [0, 0.1) is 5.92 Å². The maximum atomic E-state index is 13.8. The first-order valence-electron chi connectivity index (χ1n) is 15.5. The molecule has 1 aliphatic rings. The van der Waals surface area contributed by atoms with Crippen molar-refractivity contribution in [1.82, 2.24) is 10.2 Å². The number of carbonyl (C=O) groups excluding carboxylic acids is 2. The standard InChI is InChI=1S/C37H42N2O5S/c1-36(2,3)44-35(41)38-23-33-22-30(26-45-33)29-13-10-16-32(21-29)37(42,31-14-8-5-9-15-31)34(40)43-25-28-17-19-39(20-18-28)24-27-11-6-4-7-12-27/h4-16,21-22,26,28,42H,17-20,23-25H2,1-3H3,(H,38,41)/t37-/m0/s1. The number of aliphatic hydroxyl groups is 1. The Balaban J connectivity index is 1.26. The summed E-state index contributed by atoms with van der Waals surface area (Å²) in [6, 6.07) is 28.8. The number of esters is 1. The molecular formula is C37H42N2O5S. The fourth-order valence-corrected chi connectivity index (χ4v) is 6.39. The van der Waals surface area contributed by atoms with Crippen LogP contribution in [0.15, 0.2) is 96.4 Å². The van der Waals surface area contributed by atoms with Crippen LogP contribution in [0.4, 0.5) is 4.79 Å². The highest BCUT2D eigenvalue weighted by atomic mass is 32.1. The van der Waals surface area contributed by atoms with E-state index in [9.17, 15) is 14.7 Å². The monoisotopic (exact) mass is 626 g/mol. The maximum Gasteiger partial charge on any atom is 0.407 e. The van der Waals surface area contributed by atoms with Crippen LogP contribution < -0.4 is 5.32 Å². The number of piperidine rings is 1. The summed E-state index contributed by atoms with van der Waals surface area (Å²) in [5.41, 5.74) is 1.43. The lowest BCUT2D eigenvalue weighted by atomic mass is 9.85. The Labute approximate surface area is 269 Å². The van der Waals surface area contributed by atoms with Gasteiger partial charge in [0.2, 0.25) is 5.60 Å². The van der Waals surface area contributed by atoms with E-state index >= 15 is 0 Å². The minimum atomic E-state index is -1.97. The molecule has 7 nitrogen and oxygen atoms in total. The summed E-state index contributed by atoms with van der Waals surface area (Å²) in [5, 5.41) is 16.9. The zero-order valence-corrected chi connectivity index (χ0v) is 27.0. The predicted molar refractivity (Wildman–Crippen MR) is 178 cm³/mol. The quantitative estimate of drug-likeness (QED) is 0.182. The molecule has 1 aliphatic heterocycles. The highest BCUT2D eigenvalue weighted by Gasteiger charge is 2.42. The van der Waals surface area contributed by atoms with E-state index in [2.05, 4.69) is 34.5 Å². The van der Waals surface area contributed by atoms with Crippen molar-refractivity contribution in [2.24, 2.45) is 5.92 Å². The molecule has 236 valence electrons. The van der Waals surface area contributed by atoms with Gasteiger partial charge in [-0.05, 0) is 92.4 Å². The molecule has 0 unspecified atom stereocenters. The van der Waals surface area contributed by atoms with Gasteiger partial charge in [-0.15, -0.1) is 11.3 Å². The fraction of sp³-hybridized carbons (Fsp3) is 0.351. The van der Waals surface area contributed by atoms with E-state index in [1.807, 2.05) is 74.7 Å². The molecule has 0 aliphatic carbocycles. The summed E-state index contributed by atoms with van der Waals surface area (Å²) in [7, 11) is 0. The molecule has 0 saturated carbocycles. The number of rotatable bonds is 10. The van der Waals surface area contributed by atoms with Gasteiger partial charge in [-0.1, -0.05) is 78.9 Å². The number of nitrogens with zero attached hydrogens (tertiary/aromatic N) is 1. The number of alkyl carbamates (subject to hydrolysis) is 1. The predicted octanol–water partition coefficient (Wildman–Crippen LogP) is 7.13. The summed E-state index contributed by atoms with van der Waals surface area (Å²) < 4.78 is 11.2. The zero-order valence-electron chi connectivity index (χ0n) is 26.2. The lowest BCUT2D eigenvalue weighted by Gasteiger charge is -2.33. The van der Waals surface area contributed by atoms with Crippen molar-refractivity contribution in [3.63, 3.8) is 0 Å². The van der Waals surface area contributed by atoms with Crippen LogP contribution in [0.1, 0.15) is 55.2 Å². The van der Waals surface area contributed by atoms with Crippen LogP contribution in [0.5, 0.6) is 0 Å². The molecular weight excluding hydrogens is 584 g/mol. The average molecular weight is 627 g/mol. The summed E-state index contributed by atoms with van der Waals surface area (Å²) in [6.07, 6.45) is 1.40. The molecule has 3 aromatic carbocycles. The second-order valence-electron chi connectivity index (χ2n) is 12.6. The first kappa shape index (κ1) is 32.4. The lowest BCUT2D eigenvalue weighted by molar-refractivity contribution is -0.164. The molecule has 4 aromatic rings. The van der Waals surface area contributed by atoms with Crippen molar-refractivity contribution < 1.29 is 24.2 Å². The summed E-state index contributed by atoms with van der Waals surface area (Å²) in [4.78, 5) is 29.3. The van der Waals surface area contributed by atoms with Crippen molar-refractivity contribution in [1.29, 1.82) is 0 Å². The van der Waals surface area contributed by atoms with E-state index in [1.54, 1.807) is 18.2 Å². The molecule has 2 heterocycles. The Kier molecular flexibility index (Phi) is 10.4. The molecule has 0 bridgehead atoms.